The molecule has 11 heteroatoms. The van der Waals surface area contributed by atoms with Crippen molar-refractivity contribution < 1.29 is 27.9 Å². The van der Waals surface area contributed by atoms with Gasteiger partial charge in [0.1, 0.15) is 23.7 Å². The van der Waals surface area contributed by atoms with E-state index in [-0.39, 0.29) is 22.2 Å². The number of amides is 1. The summed E-state index contributed by atoms with van der Waals surface area (Å²) in [5, 5.41) is 14.6. The maximum atomic E-state index is 14.1. The fraction of sp³-hybridized carbons (Fsp3) is 0.485. The highest BCUT2D eigenvalue weighted by molar-refractivity contribution is 5.84. The molecule has 2 aromatic carbocycles. The number of piperazine rings is 1. The number of likely N-dealkylation sites (N-methyl/N-ethyl adjacent to an activating group) is 1. The minimum atomic E-state index is -0.774. The Balaban J connectivity index is 0.000000233. The van der Waals surface area contributed by atoms with Crippen LogP contribution in [-0.2, 0) is 9.59 Å². The van der Waals surface area contributed by atoms with Crippen LogP contribution in [0, 0.1) is 22.9 Å². The van der Waals surface area contributed by atoms with Crippen LogP contribution >= 0.6 is 0 Å². The fourth-order valence-corrected chi connectivity index (χ4v) is 6.76. The number of piperidine rings is 1. The first-order valence-corrected chi connectivity index (χ1v) is 15.0. The smallest absolute Gasteiger partial charge is 0.210 e. The van der Waals surface area contributed by atoms with Gasteiger partial charge in [-0.3, -0.25) is 9.59 Å². The van der Waals surface area contributed by atoms with E-state index in [2.05, 4.69) is 22.3 Å². The average Bonchev–Trinajstić information content (AvgIpc) is 3.49. The Morgan fingerprint density at radius 2 is 1.84 bits per heavy atom. The van der Waals surface area contributed by atoms with E-state index in [0.29, 0.717) is 38.9 Å². The Labute approximate surface area is 257 Å². The SMILES string of the molecule is CN(C=N/C(=C\C=O)c1ccccc1F)CC1(O)CCN(C)CC12CCCC2.O=CN1CCNCC1c1cc(F)ccc1F. The lowest BCUT2D eigenvalue weighted by atomic mass is 9.66. The summed E-state index contributed by atoms with van der Waals surface area (Å²) in [6, 6.07) is 9.12. The molecule has 44 heavy (non-hydrogen) atoms. The zero-order valence-corrected chi connectivity index (χ0v) is 25.4. The number of benzene rings is 2. The van der Waals surface area contributed by atoms with Crippen LogP contribution in [-0.4, -0.2) is 97.8 Å². The van der Waals surface area contributed by atoms with E-state index < -0.39 is 29.1 Å². The second-order valence-electron chi connectivity index (χ2n) is 12.1. The standard InChI is InChI=1S/C22H30FN3O2.C11H12F2N2O/c1-25-13-12-22(28,21(15-25)10-5-6-11-21)16-26(2)17-24-20(9-14-27)18-7-3-4-8-19(18)23;12-8-1-2-10(13)9(5-8)11-6-14-3-4-15(11)7-16/h3-4,7-9,14,17,28H,5-6,10-13,15-16H2,1-2H3;1-2,5,7,11,14H,3-4,6H2/b20-9-,24-17?;. The molecule has 8 nitrogen and oxygen atoms in total. The topological polar surface area (TPSA) is 88.5 Å². The number of aldehydes is 1. The van der Waals surface area contributed by atoms with Gasteiger partial charge in [0.15, 0.2) is 0 Å². The third-order valence-corrected chi connectivity index (χ3v) is 9.05. The molecule has 2 N–H and O–H groups in total. The summed E-state index contributed by atoms with van der Waals surface area (Å²) < 4.78 is 40.6. The molecule has 1 aliphatic carbocycles. The number of likely N-dealkylation sites (tertiary alicyclic amines) is 1. The van der Waals surface area contributed by atoms with Gasteiger partial charge in [-0.15, -0.1) is 0 Å². The highest BCUT2D eigenvalue weighted by Crippen LogP contribution is 2.50. The summed E-state index contributed by atoms with van der Waals surface area (Å²) in [5.74, 6) is -1.40. The molecule has 2 heterocycles. The number of hydrogen-bond acceptors (Lipinski definition) is 6. The van der Waals surface area contributed by atoms with Crippen LogP contribution in [0.25, 0.3) is 5.70 Å². The maximum Gasteiger partial charge on any atom is 0.210 e. The number of nitrogens with one attached hydrogen (secondary N) is 1. The molecule has 2 atom stereocenters. The van der Waals surface area contributed by atoms with Crippen LogP contribution in [0.15, 0.2) is 53.5 Å². The third-order valence-electron chi connectivity index (χ3n) is 9.05. The predicted octanol–water partition coefficient (Wildman–Crippen LogP) is 4.02. The van der Waals surface area contributed by atoms with Crippen LogP contribution in [0.1, 0.15) is 49.3 Å². The molecule has 0 bridgehead atoms. The maximum absolute atomic E-state index is 14.1. The summed E-state index contributed by atoms with van der Waals surface area (Å²) >= 11 is 0. The van der Waals surface area contributed by atoms with Gasteiger partial charge in [-0.1, -0.05) is 25.0 Å². The van der Waals surface area contributed by atoms with Crippen LogP contribution < -0.4 is 5.32 Å². The van der Waals surface area contributed by atoms with E-state index in [0.717, 1.165) is 63.4 Å². The number of aliphatic imine (C=N–C) groups is 1. The van der Waals surface area contributed by atoms with Crippen molar-refractivity contribution in [2.24, 2.45) is 10.4 Å². The van der Waals surface area contributed by atoms with Crippen LogP contribution in [0.2, 0.25) is 0 Å². The zero-order chi connectivity index (χ0) is 31.7. The van der Waals surface area contributed by atoms with Crippen molar-refractivity contribution in [2.75, 3.05) is 53.4 Å². The lowest BCUT2D eigenvalue weighted by Crippen LogP contribution is -2.62. The molecule has 2 aliphatic heterocycles. The number of rotatable bonds is 8. The molecule has 2 saturated heterocycles. The number of allylic oxidation sites excluding steroid dienone is 1. The van der Waals surface area contributed by atoms with E-state index in [1.54, 1.807) is 24.5 Å². The van der Waals surface area contributed by atoms with E-state index >= 15 is 0 Å². The minimum Gasteiger partial charge on any atom is -0.387 e. The molecular weight excluding hydrogens is 571 g/mol. The van der Waals surface area contributed by atoms with Gasteiger partial charge in [-0.25, -0.2) is 18.2 Å². The van der Waals surface area contributed by atoms with Gasteiger partial charge < -0.3 is 25.1 Å². The third kappa shape index (κ3) is 7.75. The summed E-state index contributed by atoms with van der Waals surface area (Å²) in [6.45, 7) is 3.88. The molecule has 1 amide bonds. The van der Waals surface area contributed by atoms with Gasteiger partial charge in [0.2, 0.25) is 6.41 Å². The average molecular weight is 614 g/mol. The molecular formula is C33H42F3N5O3. The lowest BCUT2D eigenvalue weighted by Gasteiger charge is -2.52. The summed E-state index contributed by atoms with van der Waals surface area (Å²) in [7, 11) is 3.98. The van der Waals surface area contributed by atoms with Crippen molar-refractivity contribution in [3.63, 3.8) is 0 Å². The molecule has 1 saturated carbocycles. The molecule has 2 unspecified atom stereocenters. The lowest BCUT2D eigenvalue weighted by molar-refractivity contribution is -0.134. The number of carbonyl (C=O) groups excluding carboxylic acids is 2. The van der Waals surface area contributed by atoms with E-state index in [1.165, 1.54) is 17.0 Å². The summed E-state index contributed by atoms with van der Waals surface area (Å²) in [6.07, 6.45) is 9.26. The van der Waals surface area contributed by atoms with Gasteiger partial charge in [-0.2, -0.15) is 0 Å². The van der Waals surface area contributed by atoms with Crippen molar-refractivity contribution in [3.05, 3.63) is 77.1 Å². The first kappa shape index (κ1) is 33.4. The normalized spacial score (nSPS) is 23.8. The predicted molar refractivity (Wildman–Crippen MR) is 164 cm³/mol. The van der Waals surface area contributed by atoms with E-state index in [9.17, 15) is 27.9 Å². The minimum absolute atomic E-state index is 0.0743. The zero-order valence-electron chi connectivity index (χ0n) is 25.4. The summed E-state index contributed by atoms with van der Waals surface area (Å²) in [4.78, 5) is 31.8. The Hall–Kier alpha value is -3.54. The number of aliphatic hydroxyl groups is 1. The number of hydrogen-bond donors (Lipinski definition) is 2. The van der Waals surface area contributed by atoms with Crippen molar-refractivity contribution in [2.45, 2.75) is 43.7 Å². The Morgan fingerprint density at radius 3 is 2.55 bits per heavy atom. The van der Waals surface area contributed by atoms with Crippen molar-refractivity contribution >= 4 is 24.7 Å². The van der Waals surface area contributed by atoms with E-state index in [1.807, 2.05) is 11.9 Å². The largest absolute Gasteiger partial charge is 0.387 e. The Bertz CT molecular complexity index is 1350. The molecule has 3 aliphatic rings. The highest BCUT2D eigenvalue weighted by atomic mass is 19.1. The van der Waals surface area contributed by atoms with Gasteiger partial charge in [0, 0.05) is 68.9 Å². The van der Waals surface area contributed by atoms with Crippen molar-refractivity contribution in [1.82, 2.24) is 20.0 Å². The number of carbonyl (C=O) groups is 2. The Kier molecular flexibility index (Phi) is 11.3. The first-order valence-electron chi connectivity index (χ1n) is 15.0. The van der Waals surface area contributed by atoms with Gasteiger partial charge in [-0.05, 0) is 56.6 Å². The van der Waals surface area contributed by atoms with Crippen molar-refractivity contribution in [1.29, 1.82) is 0 Å². The van der Waals surface area contributed by atoms with E-state index in [4.69, 9.17) is 0 Å². The number of halogens is 3. The van der Waals surface area contributed by atoms with Crippen LogP contribution in [0.4, 0.5) is 13.2 Å². The van der Waals surface area contributed by atoms with Crippen LogP contribution in [0.5, 0.6) is 0 Å². The van der Waals surface area contributed by atoms with Gasteiger partial charge in [0.05, 0.1) is 23.7 Å². The highest BCUT2D eigenvalue weighted by Gasteiger charge is 2.54. The fourth-order valence-electron chi connectivity index (χ4n) is 6.76. The molecule has 1 spiro atoms. The molecule has 5 rings (SSSR count). The van der Waals surface area contributed by atoms with Gasteiger partial charge in [0.25, 0.3) is 0 Å². The molecule has 2 aromatic rings. The quantitative estimate of drug-likeness (QED) is 0.203. The Morgan fingerprint density at radius 1 is 1.09 bits per heavy atom. The summed E-state index contributed by atoms with van der Waals surface area (Å²) in [5.41, 5.74) is -0.0759. The second kappa shape index (κ2) is 15.0. The molecule has 238 valence electrons. The van der Waals surface area contributed by atoms with Gasteiger partial charge >= 0.3 is 0 Å². The van der Waals surface area contributed by atoms with Crippen molar-refractivity contribution in [3.8, 4) is 0 Å². The monoisotopic (exact) mass is 613 g/mol. The second-order valence-corrected chi connectivity index (χ2v) is 12.1. The first-order chi connectivity index (χ1) is 21.1. The molecule has 0 aromatic heterocycles. The van der Waals surface area contributed by atoms with Crippen LogP contribution in [0.3, 0.4) is 0 Å². The molecule has 3 fully saturated rings. The number of nitrogens with zero attached hydrogens (tertiary/aromatic N) is 4. The molecule has 0 radical (unpaired) electrons.